The van der Waals surface area contributed by atoms with E-state index in [2.05, 4.69) is 20.1 Å². The van der Waals surface area contributed by atoms with Gasteiger partial charge in [-0.1, -0.05) is 12.1 Å². The van der Waals surface area contributed by atoms with Crippen LogP contribution in [-0.2, 0) is 10.0 Å². The van der Waals surface area contributed by atoms with Gasteiger partial charge in [0.25, 0.3) is 0 Å². The van der Waals surface area contributed by atoms with Crippen LogP contribution in [-0.4, -0.2) is 40.8 Å². The molecular weight excluding hydrogens is 463 g/mol. The van der Waals surface area contributed by atoms with Gasteiger partial charge in [-0.3, -0.25) is 4.79 Å². The fraction of sp³-hybridized carbons (Fsp3) is 0.182. The maximum atomic E-state index is 12.9. The number of hydrogen-bond acceptors (Lipinski definition) is 8. The topological polar surface area (TPSA) is 156 Å². The minimum Gasteiger partial charge on any atom is -0.481 e. The molecule has 0 atom stereocenters. The van der Waals surface area contributed by atoms with E-state index < -0.39 is 20.7 Å². The Kier molecular flexibility index (Phi) is 7.23. The SMILES string of the molecule is COc1cc(C(=O)c2cn(C(C)C)c3ncnc(N)c23)ccn1.NS(=O)(=O)c1ccccc1F. The summed E-state index contributed by atoms with van der Waals surface area (Å²) in [6.45, 7) is 4.03. The predicted octanol–water partition coefficient (Wildman–Crippen LogP) is 2.70. The molecule has 12 heteroatoms. The number of sulfonamides is 1. The molecule has 0 amide bonds. The maximum absolute atomic E-state index is 12.9. The van der Waals surface area contributed by atoms with Crippen molar-refractivity contribution >= 4 is 32.7 Å². The van der Waals surface area contributed by atoms with Gasteiger partial charge in [-0.25, -0.2) is 32.9 Å². The fourth-order valence-corrected chi connectivity index (χ4v) is 3.78. The Labute approximate surface area is 195 Å². The van der Waals surface area contributed by atoms with E-state index in [9.17, 15) is 17.6 Å². The Morgan fingerprint density at radius 3 is 2.44 bits per heavy atom. The number of pyridine rings is 1. The highest BCUT2D eigenvalue weighted by atomic mass is 32.2. The third-order valence-corrected chi connectivity index (χ3v) is 5.73. The molecule has 0 fully saturated rings. The standard InChI is InChI=1S/C16H17N5O2.C6H6FNO2S/c1-9(2)21-7-11(13-15(17)19-8-20-16(13)21)14(22)10-4-5-18-12(6-10)23-3;7-5-3-1-2-4-6(5)11(8,9)10/h4-9H,1-3H3,(H2,17,19,20);1-4H,(H2,8,9,10). The zero-order valence-electron chi connectivity index (χ0n) is 18.6. The summed E-state index contributed by atoms with van der Waals surface area (Å²) in [6, 6.07) is 8.34. The van der Waals surface area contributed by atoms with Crippen LogP contribution in [0.15, 0.2) is 60.0 Å². The van der Waals surface area contributed by atoms with Crippen molar-refractivity contribution in [3.63, 3.8) is 0 Å². The van der Waals surface area contributed by atoms with Crippen LogP contribution in [0.1, 0.15) is 35.8 Å². The molecule has 10 nitrogen and oxygen atoms in total. The summed E-state index contributed by atoms with van der Waals surface area (Å²) < 4.78 is 40.8. The van der Waals surface area contributed by atoms with E-state index in [-0.39, 0.29) is 11.8 Å². The Hall–Kier alpha value is -3.90. The van der Waals surface area contributed by atoms with Crippen LogP contribution in [0.3, 0.4) is 0 Å². The van der Waals surface area contributed by atoms with Crippen LogP contribution < -0.4 is 15.6 Å². The van der Waals surface area contributed by atoms with E-state index in [1.807, 2.05) is 18.4 Å². The van der Waals surface area contributed by atoms with Crippen molar-refractivity contribution in [2.45, 2.75) is 24.8 Å². The molecule has 0 saturated carbocycles. The molecular formula is C22H23FN6O4S. The van der Waals surface area contributed by atoms with E-state index in [1.54, 1.807) is 18.3 Å². The van der Waals surface area contributed by atoms with Crippen LogP contribution >= 0.6 is 0 Å². The number of rotatable bonds is 5. The minimum atomic E-state index is -3.91. The van der Waals surface area contributed by atoms with Gasteiger partial charge in [-0.2, -0.15) is 0 Å². The molecule has 0 aliphatic rings. The lowest BCUT2D eigenvalue weighted by atomic mass is 10.0. The summed E-state index contributed by atoms with van der Waals surface area (Å²) in [4.78, 5) is 24.7. The van der Waals surface area contributed by atoms with Crippen molar-refractivity contribution in [2.75, 3.05) is 12.8 Å². The number of anilines is 1. The number of ketones is 1. The van der Waals surface area contributed by atoms with Gasteiger partial charge in [0.05, 0.1) is 18.1 Å². The average molecular weight is 487 g/mol. The minimum absolute atomic E-state index is 0.139. The molecule has 0 bridgehead atoms. The number of aromatic nitrogens is 4. The number of halogens is 1. The van der Waals surface area contributed by atoms with Gasteiger partial charge in [0.1, 0.15) is 28.5 Å². The number of nitrogens with two attached hydrogens (primary N) is 2. The predicted molar refractivity (Wildman–Crippen MR) is 124 cm³/mol. The summed E-state index contributed by atoms with van der Waals surface area (Å²) in [6.07, 6.45) is 4.71. The molecule has 0 radical (unpaired) electrons. The van der Waals surface area contributed by atoms with Crippen LogP contribution in [0.25, 0.3) is 11.0 Å². The molecule has 4 aromatic rings. The van der Waals surface area contributed by atoms with Crippen molar-refractivity contribution in [3.05, 3.63) is 72.1 Å². The van der Waals surface area contributed by atoms with Gasteiger partial charge in [-0.15, -0.1) is 0 Å². The number of carbonyl (C=O) groups is 1. The van der Waals surface area contributed by atoms with Gasteiger partial charge >= 0.3 is 0 Å². The lowest BCUT2D eigenvalue weighted by Crippen LogP contribution is -2.13. The van der Waals surface area contributed by atoms with Crippen molar-refractivity contribution in [1.82, 2.24) is 19.5 Å². The summed E-state index contributed by atoms with van der Waals surface area (Å²) in [7, 11) is -2.40. The quantitative estimate of drug-likeness (QED) is 0.408. The van der Waals surface area contributed by atoms with Gasteiger partial charge in [0, 0.05) is 30.1 Å². The molecule has 4 N–H and O–H groups in total. The molecule has 1 aromatic carbocycles. The third kappa shape index (κ3) is 5.18. The van der Waals surface area contributed by atoms with Gasteiger partial charge in [-0.05, 0) is 32.0 Å². The zero-order chi connectivity index (χ0) is 25.0. The molecule has 0 spiro atoms. The molecule has 0 aliphatic heterocycles. The molecule has 0 aliphatic carbocycles. The highest BCUT2D eigenvalue weighted by Gasteiger charge is 2.21. The summed E-state index contributed by atoms with van der Waals surface area (Å²) in [5.41, 5.74) is 7.59. The Morgan fingerprint density at radius 2 is 1.85 bits per heavy atom. The van der Waals surface area contributed by atoms with E-state index in [0.29, 0.717) is 33.9 Å². The molecule has 178 valence electrons. The number of nitrogen functional groups attached to an aromatic ring is 1. The lowest BCUT2D eigenvalue weighted by molar-refractivity contribution is 0.103. The lowest BCUT2D eigenvalue weighted by Gasteiger charge is -2.07. The Balaban J connectivity index is 0.000000248. The molecule has 0 saturated heterocycles. The second-order valence-electron chi connectivity index (χ2n) is 7.39. The summed E-state index contributed by atoms with van der Waals surface area (Å²) in [5.74, 6) is -0.321. The van der Waals surface area contributed by atoms with Crippen LogP contribution in [0.5, 0.6) is 5.88 Å². The number of fused-ring (bicyclic) bond motifs is 1. The first-order valence-corrected chi connectivity index (χ1v) is 11.5. The van der Waals surface area contributed by atoms with E-state index in [0.717, 1.165) is 12.1 Å². The normalized spacial score (nSPS) is 11.2. The van der Waals surface area contributed by atoms with E-state index >= 15 is 0 Å². The molecule has 4 rings (SSSR count). The molecule has 3 heterocycles. The highest BCUT2D eigenvalue weighted by molar-refractivity contribution is 7.89. The van der Waals surface area contributed by atoms with Crippen LogP contribution in [0, 0.1) is 5.82 Å². The first-order chi connectivity index (χ1) is 16.0. The first-order valence-electron chi connectivity index (χ1n) is 9.97. The number of primary sulfonamides is 1. The third-order valence-electron chi connectivity index (χ3n) is 4.79. The maximum Gasteiger partial charge on any atom is 0.240 e. The van der Waals surface area contributed by atoms with Crippen molar-refractivity contribution in [3.8, 4) is 5.88 Å². The number of ether oxygens (including phenoxy) is 1. The number of methoxy groups -OCH3 is 1. The fourth-order valence-electron chi connectivity index (χ4n) is 3.17. The smallest absolute Gasteiger partial charge is 0.240 e. The van der Waals surface area contributed by atoms with E-state index in [4.69, 9.17) is 10.5 Å². The zero-order valence-corrected chi connectivity index (χ0v) is 19.5. The Morgan fingerprint density at radius 1 is 1.15 bits per heavy atom. The first kappa shape index (κ1) is 24.7. The number of nitrogens with zero attached hydrogens (tertiary/aromatic N) is 4. The van der Waals surface area contributed by atoms with Crippen LogP contribution in [0.4, 0.5) is 10.2 Å². The summed E-state index contributed by atoms with van der Waals surface area (Å²) >= 11 is 0. The van der Waals surface area contributed by atoms with Crippen molar-refractivity contribution in [1.29, 1.82) is 0 Å². The molecule has 3 aromatic heterocycles. The van der Waals surface area contributed by atoms with Crippen molar-refractivity contribution < 1.29 is 22.3 Å². The van der Waals surface area contributed by atoms with Gasteiger partial charge in [0.2, 0.25) is 15.9 Å². The number of carbonyl (C=O) groups excluding carboxylic acids is 1. The van der Waals surface area contributed by atoms with Gasteiger partial charge in [0.15, 0.2) is 5.78 Å². The van der Waals surface area contributed by atoms with E-state index in [1.165, 1.54) is 31.8 Å². The highest BCUT2D eigenvalue weighted by Crippen LogP contribution is 2.28. The van der Waals surface area contributed by atoms with Crippen molar-refractivity contribution in [2.24, 2.45) is 5.14 Å². The summed E-state index contributed by atoms with van der Waals surface area (Å²) in [5, 5.41) is 5.26. The molecule has 0 unspecified atom stereocenters. The second kappa shape index (κ2) is 9.93. The monoisotopic (exact) mass is 486 g/mol. The largest absolute Gasteiger partial charge is 0.481 e. The van der Waals surface area contributed by atoms with Crippen LogP contribution in [0.2, 0.25) is 0 Å². The average Bonchev–Trinajstić information content (AvgIpc) is 3.20. The Bertz CT molecular complexity index is 1450. The number of hydrogen-bond donors (Lipinski definition) is 2. The molecule has 34 heavy (non-hydrogen) atoms. The van der Waals surface area contributed by atoms with Gasteiger partial charge < -0.3 is 15.0 Å². The second-order valence-corrected chi connectivity index (χ2v) is 8.92. The number of benzene rings is 1.